The van der Waals surface area contributed by atoms with Gasteiger partial charge in [0.1, 0.15) is 17.6 Å². The molecule has 1 saturated heterocycles. The lowest BCUT2D eigenvalue weighted by molar-refractivity contribution is -0.140. The average molecular weight is 527 g/mol. The van der Waals surface area contributed by atoms with E-state index < -0.39 is 62.1 Å². The van der Waals surface area contributed by atoms with Crippen LogP contribution in [0.3, 0.4) is 0 Å². The van der Waals surface area contributed by atoms with E-state index in [-0.39, 0.29) is 40.6 Å². The Labute approximate surface area is 210 Å². The predicted octanol–water partition coefficient (Wildman–Crippen LogP) is 3.22. The van der Waals surface area contributed by atoms with Crippen LogP contribution in [-0.2, 0) is 11.3 Å². The van der Waals surface area contributed by atoms with E-state index in [9.17, 15) is 22.4 Å². The van der Waals surface area contributed by atoms with Crippen LogP contribution < -0.4 is 10.1 Å². The SMILES string of the molecule is [2H]C([2H])([2H])Oc1nc(N[C@@H]2CCN(C(C)=O)CC2(F)F)nn2cc(F)c(-c3ccc4nnn(CC(F)F)c4c3)c12. The number of alkyl halides is 4. The van der Waals surface area contributed by atoms with Gasteiger partial charge in [-0.15, -0.1) is 10.2 Å². The summed E-state index contributed by atoms with van der Waals surface area (Å²) in [6, 6.07) is 2.65. The Morgan fingerprint density at radius 2 is 2.19 bits per heavy atom. The Kier molecular flexibility index (Phi) is 5.20. The highest BCUT2D eigenvalue weighted by molar-refractivity contribution is 5.89. The third-order valence-electron chi connectivity index (χ3n) is 6.11. The van der Waals surface area contributed by atoms with Gasteiger partial charge in [0, 0.05) is 13.5 Å². The summed E-state index contributed by atoms with van der Waals surface area (Å²) in [6.07, 6.45) is -2.03. The molecule has 1 amide bonds. The number of nitrogens with zero attached hydrogens (tertiary/aromatic N) is 7. The smallest absolute Gasteiger partial charge is 0.285 e. The first kappa shape index (κ1) is 21.1. The molecule has 37 heavy (non-hydrogen) atoms. The first-order valence-electron chi connectivity index (χ1n) is 12.5. The number of piperidine rings is 1. The van der Waals surface area contributed by atoms with Crippen LogP contribution in [0.15, 0.2) is 24.4 Å². The third kappa shape index (κ3) is 4.49. The van der Waals surface area contributed by atoms with Crippen LogP contribution in [0.2, 0.25) is 0 Å². The fourth-order valence-corrected chi connectivity index (χ4v) is 4.36. The van der Waals surface area contributed by atoms with Gasteiger partial charge in [-0.2, -0.15) is 4.98 Å². The summed E-state index contributed by atoms with van der Waals surface area (Å²) < 4.78 is 100. The summed E-state index contributed by atoms with van der Waals surface area (Å²) in [6.45, 7) is -0.396. The van der Waals surface area contributed by atoms with E-state index in [1.807, 2.05) is 0 Å². The van der Waals surface area contributed by atoms with Gasteiger partial charge in [-0.05, 0) is 24.1 Å². The normalized spacial score (nSPS) is 19.2. The molecule has 1 atom stereocenters. The first-order chi connectivity index (χ1) is 18.7. The number of amides is 1. The molecule has 4 aromatic rings. The Bertz CT molecular complexity index is 1590. The predicted molar refractivity (Wildman–Crippen MR) is 121 cm³/mol. The maximum Gasteiger partial charge on any atom is 0.285 e. The molecule has 0 unspecified atom stereocenters. The number of carbonyl (C=O) groups excluding carboxylic acids is 1. The molecular weight excluding hydrogens is 503 g/mol. The van der Waals surface area contributed by atoms with Gasteiger partial charge in [-0.3, -0.25) is 4.79 Å². The molecular formula is C22H21F5N8O2. The molecule has 1 aromatic carbocycles. The molecule has 0 bridgehead atoms. The monoisotopic (exact) mass is 527 g/mol. The minimum absolute atomic E-state index is 0.0330. The molecule has 1 aliphatic rings. The average Bonchev–Trinajstić information content (AvgIpc) is 3.38. The number of fused-ring (bicyclic) bond motifs is 2. The van der Waals surface area contributed by atoms with Gasteiger partial charge < -0.3 is 15.0 Å². The lowest BCUT2D eigenvalue weighted by Gasteiger charge is -2.38. The van der Waals surface area contributed by atoms with Crippen molar-refractivity contribution in [2.45, 2.75) is 38.3 Å². The van der Waals surface area contributed by atoms with E-state index in [2.05, 4.69) is 25.7 Å². The highest BCUT2D eigenvalue weighted by atomic mass is 19.3. The maximum absolute atomic E-state index is 15.4. The first-order valence-corrected chi connectivity index (χ1v) is 11.0. The second kappa shape index (κ2) is 9.12. The van der Waals surface area contributed by atoms with E-state index in [1.54, 1.807) is 0 Å². The van der Waals surface area contributed by atoms with Gasteiger partial charge in [-0.1, -0.05) is 11.3 Å². The number of anilines is 1. The number of aromatic nitrogens is 6. The van der Waals surface area contributed by atoms with Gasteiger partial charge in [0.15, 0.2) is 5.82 Å². The molecule has 0 aliphatic carbocycles. The number of carbonyl (C=O) groups is 1. The highest BCUT2D eigenvalue weighted by Gasteiger charge is 2.46. The van der Waals surface area contributed by atoms with Crippen molar-refractivity contribution < 1.29 is 35.6 Å². The van der Waals surface area contributed by atoms with Gasteiger partial charge in [0.2, 0.25) is 17.7 Å². The summed E-state index contributed by atoms with van der Waals surface area (Å²) in [5.41, 5.74) is 0.0651. The van der Waals surface area contributed by atoms with Gasteiger partial charge in [0.05, 0.1) is 41.0 Å². The van der Waals surface area contributed by atoms with Gasteiger partial charge >= 0.3 is 0 Å². The third-order valence-corrected chi connectivity index (χ3v) is 6.11. The number of halogens is 5. The standard InChI is InChI=1S/C22H21F5N8O2/c1-11(36)33-6-5-16(22(26,27)10-33)28-21-29-20(37-2)19-18(13(23)8-35(19)31-21)12-3-4-14-15(7-12)34(32-30-14)9-17(24)25/h3-4,7-8,16-17H,5-6,9-10H2,1-2H3,(H,28,31)/t16-/m1/s1/i2D3. The lowest BCUT2D eigenvalue weighted by Crippen LogP contribution is -2.55. The van der Waals surface area contributed by atoms with Crippen LogP contribution in [0.5, 0.6) is 5.88 Å². The molecule has 196 valence electrons. The molecule has 0 spiro atoms. The zero-order valence-corrected chi connectivity index (χ0v) is 19.1. The van der Waals surface area contributed by atoms with Crippen molar-refractivity contribution in [2.75, 3.05) is 25.4 Å². The molecule has 5 rings (SSSR count). The van der Waals surface area contributed by atoms with E-state index in [1.165, 1.54) is 25.1 Å². The number of rotatable bonds is 6. The Balaban J connectivity index is 1.59. The van der Waals surface area contributed by atoms with E-state index in [4.69, 9.17) is 8.85 Å². The van der Waals surface area contributed by atoms with Crippen LogP contribution in [0.4, 0.5) is 27.9 Å². The summed E-state index contributed by atoms with van der Waals surface area (Å²) >= 11 is 0. The summed E-state index contributed by atoms with van der Waals surface area (Å²) in [4.78, 5) is 16.5. The minimum Gasteiger partial charge on any atom is -0.479 e. The van der Waals surface area contributed by atoms with Crippen molar-refractivity contribution >= 4 is 28.4 Å². The molecule has 10 nitrogen and oxygen atoms in total. The fourth-order valence-electron chi connectivity index (χ4n) is 4.36. The summed E-state index contributed by atoms with van der Waals surface area (Å²) in [5, 5.41) is 14.0. The molecule has 3 aromatic heterocycles. The van der Waals surface area contributed by atoms with Gasteiger partial charge in [0.25, 0.3) is 12.3 Å². The molecule has 4 heterocycles. The van der Waals surface area contributed by atoms with Crippen molar-refractivity contribution in [2.24, 2.45) is 0 Å². The topological polar surface area (TPSA) is 102 Å². The molecule has 1 aliphatic heterocycles. The Hall–Kier alpha value is -4.04. The van der Waals surface area contributed by atoms with Crippen LogP contribution in [0.25, 0.3) is 27.7 Å². The van der Waals surface area contributed by atoms with E-state index in [0.29, 0.717) is 0 Å². The number of hydrogen-bond acceptors (Lipinski definition) is 7. The molecule has 0 radical (unpaired) electrons. The Morgan fingerprint density at radius 1 is 1.38 bits per heavy atom. The van der Waals surface area contributed by atoms with Crippen LogP contribution in [-0.4, -0.2) is 78.9 Å². The second-order valence-corrected chi connectivity index (χ2v) is 8.54. The highest BCUT2D eigenvalue weighted by Crippen LogP contribution is 2.36. The van der Waals surface area contributed by atoms with Gasteiger partial charge in [-0.25, -0.2) is 31.1 Å². The fraction of sp³-hybridized carbons (Fsp3) is 0.409. The number of nitrogens with one attached hydrogen (secondary N) is 1. The van der Waals surface area contributed by atoms with E-state index >= 15 is 4.39 Å². The van der Waals surface area contributed by atoms with Crippen molar-refractivity contribution in [3.63, 3.8) is 0 Å². The number of ether oxygens (including phenoxy) is 1. The van der Waals surface area contributed by atoms with Crippen LogP contribution in [0.1, 0.15) is 17.5 Å². The molecule has 0 saturated carbocycles. The maximum atomic E-state index is 15.4. The number of likely N-dealkylation sites (tertiary alicyclic amines) is 1. The lowest BCUT2D eigenvalue weighted by atomic mass is 10.0. The molecule has 15 heteroatoms. The van der Waals surface area contributed by atoms with Crippen LogP contribution in [0, 0.1) is 5.82 Å². The second-order valence-electron chi connectivity index (χ2n) is 8.54. The van der Waals surface area contributed by atoms with E-state index in [0.717, 1.165) is 20.3 Å². The number of methoxy groups -OCH3 is 1. The van der Waals surface area contributed by atoms with Crippen molar-refractivity contribution in [1.29, 1.82) is 0 Å². The summed E-state index contributed by atoms with van der Waals surface area (Å²) in [7, 11) is -3.06. The Morgan fingerprint density at radius 3 is 2.89 bits per heavy atom. The van der Waals surface area contributed by atoms with Crippen LogP contribution >= 0.6 is 0 Å². The quantitative estimate of drug-likeness (QED) is 0.384. The molecule has 1 N–H and O–H groups in total. The van der Waals surface area contributed by atoms with Crippen molar-refractivity contribution in [1.82, 2.24) is 34.5 Å². The minimum atomic E-state index is -3.38. The van der Waals surface area contributed by atoms with Crippen molar-refractivity contribution in [3.05, 3.63) is 30.2 Å². The number of hydrogen-bond donors (Lipinski definition) is 1. The molecule has 1 fully saturated rings. The summed E-state index contributed by atoms with van der Waals surface area (Å²) in [5.74, 6) is -5.91. The zero-order chi connectivity index (χ0) is 29.0. The number of benzene rings is 1. The largest absolute Gasteiger partial charge is 0.479 e. The zero-order valence-electron chi connectivity index (χ0n) is 22.1. The van der Waals surface area contributed by atoms with Crippen molar-refractivity contribution in [3.8, 4) is 17.0 Å².